The van der Waals surface area contributed by atoms with Crippen molar-refractivity contribution >= 4 is 11.8 Å². The van der Waals surface area contributed by atoms with Crippen molar-refractivity contribution < 1.29 is 29.3 Å². The van der Waals surface area contributed by atoms with E-state index in [0.717, 1.165) is 36.8 Å². The van der Waals surface area contributed by atoms with Crippen molar-refractivity contribution in [2.24, 2.45) is 0 Å². The molecule has 34 heavy (non-hydrogen) atoms. The van der Waals surface area contributed by atoms with E-state index in [1.165, 1.54) is 0 Å². The van der Waals surface area contributed by atoms with Gasteiger partial charge < -0.3 is 19.7 Å². The molecular formula is C28H46O6. The number of hydrogen-bond donors (Lipinski definition) is 2. The maximum Gasteiger partial charge on any atom is 0.306 e. The lowest BCUT2D eigenvalue weighted by Crippen LogP contribution is -2.34. The SMILES string of the molecule is CC(O)CCCCC(=O)OC(C)(C)Cc1ccc(COC(C)(C)C(=O)CCCCC(C)O)cc1. The summed E-state index contributed by atoms with van der Waals surface area (Å²) in [7, 11) is 0. The summed E-state index contributed by atoms with van der Waals surface area (Å²) in [5.74, 6) is -0.137. The van der Waals surface area contributed by atoms with Gasteiger partial charge in [-0.25, -0.2) is 0 Å². The highest BCUT2D eigenvalue weighted by Gasteiger charge is 2.28. The smallest absolute Gasteiger partial charge is 0.306 e. The number of ether oxygens (including phenoxy) is 2. The lowest BCUT2D eigenvalue weighted by atomic mass is 9.96. The van der Waals surface area contributed by atoms with Gasteiger partial charge in [0.05, 0.1) is 18.8 Å². The number of unbranched alkanes of at least 4 members (excludes halogenated alkanes) is 2. The van der Waals surface area contributed by atoms with Crippen molar-refractivity contribution in [2.45, 2.75) is 129 Å². The van der Waals surface area contributed by atoms with Crippen LogP contribution in [0, 0.1) is 0 Å². The fourth-order valence-corrected chi connectivity index (χ4v) is 3.72. The van der Waals surface area contributed by atoms with Crippen LogP contribution in [0.3, 0.4) is 0 Å². The van der Waals surface area contributed by atoms with Gasteiger partial charge in [-0.05, 0) is 78.4 Å². The Morgan fingerprint density at radius 3 is 1.85 bits per heavy atom. The molecule has 0 amide bonds. The Morgan fingerprint density at radius 1 is 0.824 bits per heavy atom. The standard InChI is InChI=1S/C28H46O6/c1-21(29)11-7-9-13-25(31)28(5,6)33-20-24-17-15-23(16-18-24)19-27(3,4)34-26(32)14-10-8-12-22(2)30/h15-18,21-22,29-30H,7-14,19-20H2,1-6H3. The van der Waals surface area contributed by atoms with E-state index in [4.69, 9.17) is 9.47 Å². The monoisotopic (exact) mass is 478 g/mol. The number of ketones is 1. The lowest BCUT2D eigenvalue weighted by molar-refractivity contribution is -0.156. The molecule has 0 saturated carbocycles. The van der Waals surface area contributed by atoms with Crippen molar-refractivity contribution in [3.63, 3.8) is 0 Å². The highest BCUT2D eigenvalue weighted by molar-refractivity contribution is 5.86. The summed E-state index contributed by atoms with van der Waals surface area (Å²) in [6.45, 7) is 11.3. The normalized spacial score (nSPS) is 14.0. The van der Waals surface area contributed by atoms with Gasteiger partial charge in [0, 0.05) is 19.3 Å². The largest absolute Gasteiger partial charge is 0.459 e. The van der Waals surface area contributed by atoms with E-state index in [2.05, 4.69) is 0 Å². The van der Waals surface area contributed by atoms with Gasteiger partial charge in [-0.15, -0.1) is 0 Å². The molecule has 2 N–H and O–H groups in total. The van der Waals surface area contributed by atoms with Crippen LogP contribution in [0.15, 0.2) is 24.3 Å². The van der Waals surface area contributed by atoms with Crippen LogP contribution in [0.25, 0.3) is 0 Å². The molecule has 2 unspecified atom stereocenters. The second kappa shape index (κ2) is 14.6. The van der Waals surface area contributed by atoms with E-state index >= 15 is 0 Å². The van der Waals surface area contributed by atoms with Crippen LogP contribution in [0.5, 0.6) is 0 Å². The van der Waals surface area contributed by atoms with E-state index in [1.807, 2.05) is 38.1 Å². The minimum absolute atomic E-state index is 0.0733. The maximum absolute atomic E-state index is 12.5. The molecule has 0 bridgehead atoms. The molecule has 0 spiro atoms. The van der Waals surface area contributed by atoms with Gasteiger partial charge in [0.25, 0.3) is 0 Å². The minimum Gasteiger partial charge on any atom is -0.459 e. The van der Waals surface area contributed by atoms with Crippen molar-refractivity contribution in [3.8, 4) is 0 Å². The zero-order valence-electron chi connectivity index (χ0n) is 22.1. The molecule has 1 aromatic carbocycles. The Balaban J connectivity index is 2.46. The number of carbonyl (C=O) groups is 2. The molecule has 0 radical (unpaired) electrons. The molecule has 6 nitrogen and oxygen atoms in total. The second-order valence-electron chi connectivity index (χ2n) is 10.6. The van der Waals surface area contributed by atoms with Gasteiger partial charge >= 0.3 is 5.97 Å². The third-order valence-corrected chi connectivity index (χ3v) is 5.84. The van der Waals surface area contributed by atoms with E-state index in [9.17, 15) is 19.8 Å². The molecule has 0 aromatic heterocycles. The number of rotatable bonds is 17. The highest BCUT2D eigenvalue weighted by atomic mass is 16.6. The van der Waals surface area contributed by atoms with E-state index in [1.54, 1.807) is 27.7 Å². The van der Waals surface area contributed by atoms with Gasteiger partial charge in [-0.2, -0.15) is 0 Å². The number of esters is 1. The van der Waals surface area contributed by atoms with E-state index in [0.29, 0.717) is 38.7 Å². The van der Waals surface area contributed by atoms with Crippen LogP contribution in [-0.4, -0.2) is 45.4 Å². The first-order chi connectivity index (χ1) is 15.8. The third-order valence-electron chi connectivity index (χ3n) is 5.84. The Kier molecular flexibility index (Phi) is 13.0. The molecule has 0 aliphatic rings. The first kappa shape index (κ1) is 30.3. The topological polar surface area (TPSA) is 93.1 Å². The molecule has 1 rings (SSSR count). The van der Waals surface area contributed by atoms with Crippen LogP contribution in [0.4, 0.5) is 0 Å². The zero-order chi connectivity index (χ0) is 25.8. The van der Waals surface area contributed by atoms with Gasteiger partial charge in [0.2, 0.25) is 0 Å². The highest BCUT2D eigenvalue weighted by Crippen LogP contribution is 2.21. The average molecular weight is 479 g/mol. The molecule has 2 atom stereocenters. The van der Waals surface area contributed by atoms with Gasteiger partial charge in [0.15, 0.2) is 5.78 Å². The first-order valence-corrected chi connectivity index (χ1v) is 12.6. The average Bonchev–Trinajstić information content (AvgIpc) is 2.72. The summed E-state index contributed by atoms with van der Waals surface area (Å²) >= 11 is 0. The molecular weight excluding hydrogens is 432 g/mol. The molecule has 0 heterocycles. The number of aliphatic hydroxyl groups excluding tert-OH is 2. The predicted molar refractivity (Wildman–Crippen MR) is 134 cm³/mol. The quantitative estimate of drug-likeness (QED) is 0.233. The van der Waals surface area contributed by atoms with Crippen molar-refractivity contribution in [3.05, 3.63) is 35.4 Å². The third kappa shape index (κ3) is 13.2. The molecule has 0 fully saturated rings. The summed E-state index contributed by atoms with van der Waals surface area (Å²) in [5, 5.41) is 18.6. The Bertz CT molecular complexity index is 734. The second-order valence-corrected chi connectivity index (χ2v) is 10.6. The first-order valence-electron chi connectivity index (χ1n) is 12.6. The molecule has 1 aromatic rings. The molecule has 0 aliphatic heterocycles. The fourth-order valence-electron chi connectivity index (χ4n) is 3.72. The summed E-state index contributed by atoms with van der Waals surface area (Å²) in [6, 6.07) is 7.96. The van der Waals surface area contributed by atoms with E-state index in [-0.39, 0.29) is 24.0 Å². The zero-order valence-corrected chi connectivity index (χ0v) is 22.1. The predicted octanol–water partition coefficient (Wildman–Crippen LogP) is 5.30. The number of Topliss-reactive ketones (excluding diaryl/α,β-unsaturated/α-hetero) is 1. The van der Waals surface area contributed by atoms with Crippen molar-refractivity contribution in [1.82, 2.24) is 0 Å². The van der Waals surface area contributed by atoms with E-state index < -0.39 is 11.2 Å². The van der Waals surface area contributed by atoms with Crippen LogP contribution in [-0.2, 0) is 32.1 Å². The molecule has 0 saturated heterocycles. The summed E-state index contributed by atoms with van der Waals surface area (Å²) in [5.41, 5.74) is 0.576. The Labute approximate surface area is 206 Å². The minimum atomic E-state index is -0.852. The number of hydrogen-bond acceptors (Lipinski definition) is 6. The summed E-state index contributed by atoms with van der Waals surface area (Å²) in [4.78, 5) is 24.7. The molecule has 0 aliphatic carbocycles. The van der Waals surface area contributed by atoms with Crippen LogP contribution >= 0.6 is 0 Å². The fraction of sp³-hybridized carbons (Fsp3) is 0.714. The van der Waals surface area contributed by atoms with Crippen LogP contribution in [0.2, 0.25) is 0 Å². The summed E-state index contributed by atoms with van der Waals surface area (Å²) in [6.07, 6.45) is 5.27. The number of aliphatic hydroxyl groups is 2. The van der Waals surface area contributed by atoms with Gasteiger partial charge in [0.1, 0.15) is 11.2 Å². The van der Waals surface area contributed by atoms with Crippen molar-refractivity contribution in [2.75, 3.05) is 0 Å². The number of benzene rings is 1. The molecule has 194 valence electrons. The maximum atomic E-state index is 12.5. The van der Waals surface area contributed by atoms with Crippen LogP contribution < -0.4 is 0 Å². The van der Waals surface area contributed by atoms with Gasteiger partial charge in [-0.3, -0.25) is 9.59 Å². The lowest BCUT2D eigenvalue weighted by Gasteiger charge is -2.26. The Morgan fingerprint density at radius 2 is 1.32 bits per heavy atom. The van der Waals surface area contributed by atoms with Crippen molar-refractivity contribution in [1.29, 1.82) is 0 Å². The Hall–Kier alpha value is -1.76. The number of carbonyl (C=O) groups excluding carboxylic acids is 2. The molecule has 6 heteroatoms. The van der Waals surface area contributed by atoms with Gasteiger partial charge in [-0.1, -0.05) is 37.1 Å². The summed E-state index contributed by atoms with van der Waals surface area (Å²) < 4.78 is 11.6. The van der Waals surface area contributed by atoms with Crippen LogP contribution in [0.1, 0.15) is 104 Å².